The van der Waals surface area contributed by atoms with Crippen molar-refractivity contribution in [2.45, 2.75) is 0 Å². The van der Waals surface area contributed by atoms with Crippen molar-refractivity contribution in [3.8, 4) is 11.5 Å². The van der Waals surface area contributed by atoms with Crippen LogP contribution in [-0.2, 0) is 0 Å². The smallest absolute Gasteiger partial charge is 0.257 e. The van der Waals surface area contributed by atoms with E-state index in [9.17, 15) is 4.79 Å². The highest BCUT2D eigenvalue weighted by atomic mass is 35.5. The van der Waals surface area contributed by atoms with E-state index in [1.807, 2.05) is 30.3 Å². The number of thiocarbonyl (C=S) groups is 1. The first-order chi connectivity index (χ1) is 14.5. The van der Waals surface area contributed by atoms with E-state index >= 15 is 0 Å². The normalized spacial score (nSPS) is 10.2. The van der Waals surface area contributed by atoms with Crippen molar-refractivity contribution in [1.29, 1.82) is 0 Å². The Morgan fingerprint density at radius 3 is 2.17 bits per heavy atom. The summed E-state index contributed by atoms with van der Waals surface area (Å²) in [7, 11) is 0. The lowest BCUT2D eigenvalue weighted by molar-refractivity contribution is 0.0977. The van der Waals surface area contributed by atoms with Crippen molar-refractivity contribution in [1.82, 2.24) is 5.32 Å². The summed E-state index contributed by atoms with van der Waals surface area (Å²) in [6.45, 7) is 0.799. The number of benzene rings is 3. The minimum atomic E-state index is -0.357. The van der Waals surface area contributed by atoms with E-state index in [1.165, 1.54) is 0 Å². The van der Waals surface area contributed by atoms with Gasteiger partial charge in [0.05, 0.1) is 10.7 Å². The van der Waals surface area contributed by atoms with Crippen LogP contribution in [0.3, 0.4) is 0 Å². The lowest BCUT2D eigenvalue weighted by Gasteiger charge is -2.12. The predicted octanol–water partition coefficient (Wildman–Crippen LogP) is 5.58. The molecule has 3 aromatic carbocycles. The fourth-order valence-corrected chi connectivity index (χ4v) is 3.00. The molecule has 0 spiro atoms. The van der Waals surface area contributed by atoms with E-state index in [0.29, 0.717) is 40.3 Å². The summed E-state index contributed by atoms with van der Waals surface area (Å²) in [5, 5.41) is 6.51. The molecule has 8 heteroatoms. The molecule has 0 aromatic heterocycles. The number of hydrogen-bond acceptors (Lipinski definition) is 4. The maximum absolute atomic E-state index is 12.4. The van der Waals surface area contributed by atoms with Crippen molar-refractivity contribution >= 4 is 52.1 Å². The van der Waals surface area contributed by atoms with Crippen LogP contribution in [0.2, 0.25) is 10.0 Å². The third-order valence-electron chi connectivity index (χ3n) is 3.88. The van der Waals surface area contributed by atoms with Crippen LogP contribution < -0.4 is 20.1 Å². The summed E-state index contributed by atoms with van der Waals surface area (Å²) in [5.41, 5.74) is 0.945. The molecule has 0 saturated heterocycles. The lowest BCUT2D eigenvalue weighted by atomic mass is 10.2. The molecule has 0 aliphatic carbocycles. The number of hydrogen-bond donors (Lipinski definition) is 2. The average Bonchev–Trinajstić information content (AvgIpc) is 2.75. The Balaban J connectivity index is 1.46. The Kier molecular flexibility index (Phi) is 7.90. The van der Waals surface area contributed by atoms with Gasteiger partial charge >= 0.3 is 0 Å². The molecular weight excluding hydrogens is 443 g/mol. The maximum atomic E-state index is 12.4. The van der Waals surface area contributed by atoms with Crippen molar-refractivity contribution < 1.29 is 14.3 Å². The number of ether oxygens (including phenoxy) is 2. The van der Waals surface area contributed by atoms with E-state index in [0.717, 1.165) is 5.75 Å². The van der Waals surface area contributed by atoms with Crippen LogP contribution >= 0.6 is 35.4 Å². The second kappa shape index (κ2) is 10.8. The van der Waals surface area contributed by atoms with Crippen molar-refractivity contribution in [2.24, 2.45) is 0 Å². The Hall–Kier alpha value is -2.80. The van der Waals surface area contributed by atoms with Crippen LogP contribution in [0.4, 0.5) is 5.69 Å². The molecular formula is C22H18Cl2N2O3S. The second-order valence-corrected chi connectivity index (χ2v) is 7.32. The summed E-state index contributed by atoms with van der Waals surface area (Å²) in [5.74, 6) is 1.07. The Morgan fingerprint density at radius 1 is 0.867 bits per heavy atom. The molecule has 2 N–H and O–H groups in total. The molecule has 0 fully saturated rings. The average molecular weight is 461 g/mol. The molecule has 0 heterocycles. The summed E-state index contributed by atoms with van der Waals surface area (Å²) < 4.78 is 11.2. The molecule has 0 bridgehead atoms. The molecule has 154 valence electrons. The number of anilines is 1. The van der Waals surface area contributed by atoms with Crippen molar-refractivity contribution in [2.75, 3.05) is 18.5 Å². The molecule has 3 aromatic rings. The van der Waals surface area contributed by atoms with Crippen molar-refractivity contribution in [3.63, 3.8) is 0 Å². The molecule has 30 heavy (non-hydrogen) atoms. The van der Waals surface area contributed by atoms with Gasteiger partial charge in [0.1, 0.15) is 24.7 Å². The third-order valence-corrected chi connectivity index (χ3v) is 4.65. The zero-order valence-corrected chi connectivity index (χ0v) is 18.1. The molecule has 5 nitrogen and oxygen atoms in total. The van der Waals surface area contributed by atoms with E-state index in [-0.39, 0.29) is 11.0 Å². The highest BCUT2D eigenvalue weighted by molar-refractivity contribution is 7.80. The van der Waals surface area contributed by atoms with Crippen LogP contribution in [0.15, 0.2) is 72.8 Å². The van der Waals surface area contributed by atoms with Gasteiger partial charge in [-0.3, -0.25) is 10.1 Å². The fourth-order valence-electron chi connectivity index (χ4n) is 2.46. The Morgan fingerprint density at radius 2 is 1.50 bits per heavy atom. The van der Waals surface area contributed by atoms with Gasteiger partial charge in [-0.05, 0) is 66.8 Å². The van der Waals surface area contributed by atoms with E-state index in [1.54, 1.807) is 42.5 Å². The van der Waals surface area contributed by atoms with Crippen LogP contribution in [-0.4, -0.2) is 24.2 Å². The molecule has 0 saturated carbocycles. The van der Waals surface area contributed by atoms with E-state index < -0.39 is 0 Å². The highest BCUT2D eigenvalue weighted by Crippen LogP contribution is 2.25. The summed E-state index contributed by atoms with van der Waals surface area (Å²) >= 11 is 17.2. The van der Waals surface area contributed by atoms with Crippen LogP contribution in [0.1, 0.15) is 10.4 Å². The topological polar surface area (TPSA) is 59.6 Å². The number of amides is 1. The van der Waals surface area contributed by atoms with Gasteiger partial charge in [0.15, 0.2) is 5.11 Å². The molecule has 0 atom stereocenters. The van der Waals surface area contributed by atoms with E-state index in [4.69, 9.17) is 44.9 Å². The maximum Gasteiger partial charge on any atom is 0.257 e. The number of para-hydroxylation sites is 1. The minimum Gasteiger partial charge on any atom is -0.490 e. The summed E-state index contributed by atoms with van der Waals surface area (Å²) in [4.78, 5) is 12.4. The number of rotatable bonds is 7. The van der Waals surface area contributed by atoms with Gasteiger partial charge in [-0.2, -0.15) is 0 Å². The molecule has 3 rings (SSSR count). The van der Waals surface area contributed by atoms with Gasteiger partial charge in [-0.25, -0.2) is 0 Å². The SMILES string of the molecule is O=C(NC(=S)Nc1cc(Cl)ccc1Cl)c1ccc(OCCOc2ccccc2)cc1. The van der Waals surface area contributed by atoms with Crippen LogP contribution in [0, 0.1) is 0 Å². The van der Waals surface area contributed by atoms with Crippen molar-refractivity contribution in [3.05, 3.63) is 88.4 Å². The first-order valence-corrected chi connectivity index (χ1v) is 10.2. The van der Waals surface area contributed by atoms with Gasteiger partial charge in [-0.1, -0.05) is 41.4 Å². The largest absolute Gasteiger partial charge is 0.490 e. The zero-order chi connectivity index (χ0) is 21.3. The molecule has 0 radical (unpaired) electrons. The number of carbonyl (C=O) groups is 1. The fraction of sp³-hybridized carbons (Fsp3) is 0.0909. The van der Waals surface area contributed by atoms with Gasteiger partial charge < -0.3 is 14.8 Å². The number of nitrogens with one attached hydrogen (secondary N) is 2. The lowest BCUT2D eigenvalue weighted by Crippen LogP contribution is -2.34. The van der Waals surface area contributed by atoms with Gasteiger partial charge in [0.2, 0.25) is 0 Å². The first kappa shape index (κ1) is 21.9. The van der Waals surface area contributed by atoms with E-state index in [2.05, 4.69) is 10.6 Å². The predicted molar refractivity (Wildman–Crippen MR) is 124 cm³/mol. The summed E-state index contributed by atoms with van der Waals surface area (Å²) in [6, 6.07) is 21.1. The Labute approximate surface area is 189 Å². The van der Waals surface area contributed by atoms with Crippen LogP contribution in [0.25, 0.3) is 0 Å². The number of carbonyl (C=O) groups excluding carboxylic acids is 1. The van der Waals surface area contributed by atoms with Crippen LogP contribution in [0.5, 0.6) is 11.5 Å². The highest BCUT2D eigenvalue weighted by Gasteiger charge is 2.10. The standard InChI is InChI=1S/C22H18Cl2N2O3S/c23-16-8-11-19(24)20(14-16)25-22(30)26-21(27)15-6-9-18(10-7-15)29-13-12-28-17-4-2-1-3-5-17/h1-11,14H,12-13H2,(H2,25,26,27,30). The second-order valence-electron chi connectivity index (χ2n) is 6.07. The number of halogens is 2. The Bertz CT molecular complexity index is 1010. The van der Waals surface area contributed by atoms with Gasteiger partial charge in [0.25, 0.3) is 5.91 Å². The molecule has 0 unspecified atom stereocenters. The molecule has 0 aliphatic rings. The molecule has 0 aliphatic heterocycles. The molecule has 1 amide bonds. The first-order valence-electron chi connectivity index (χ1n) is 8.99. The van der Waals surface area contributed by atoms with Gasteiger partial charge in [0, 0.05) is 10.6 Å². The quantitative estimate of drug-likeness (QED) is 0.356. The summed E-state index contributed by atoms with van der Waals surface area (Å²) in [6.07, 6.45) is 0. The minimum absolute atomic E-state index is 0.113. The third kappa shape index (κ3) is 6.62. The zero-order valence-electron chi connectivity index (χ0n) is 15.7. The monoisotopic (exact) mass is 460 g/mol. The van der Waals surface area contributed by atoms with Gasteiger partial charge in [-0.15, -0.1) is 0 Å².